The highest BCUT2D eigenvalue weighted by atomic mass is 16.5. The van der Waals surface area contributed by atoms with Gasteiger partial charge < -0.3 is 9.64 Å². The van der Waals surface area contributed by atoms with Crippen LogP contribution in [-0.2, 0) is 4.74 Å². The van der Waals surface area contributed by atoms with E-state index in [2.05, 4.69) is 11.8 Å². The molecule has 0 aliphatic carbocycles. The molecule has 2 heteroatoms. The predicted octanol–water partition coefficient (Wildman–Crippen LogP) is 1.51. The number of hydrogen-bond donors (Lipinski definition) is 0. The SMILES string of the molecule is CC1CC(CN2CCC2)CCO1. The number of ether oxygens (including phenoxy) is 1. The first-order valence-corrected chi connectivity index (χ1v) is 5.18. The van der Waals surface area contributed by atoms with Gasteiger partial charge in [0.25, 0.3) is 0 Å². The molecule has 0 amide bonds. The Balaban J connectivity index is 1.71. The molecule has 2 unspecified atom stereocenters. The summed E-state index contributed by atoms with van der Waals surface area (Å²) in [5.41, 5.74) is 0. The largest absolute Gasteiger partial charge is 0.378 e. The molecule has 0 spiro atoms. The van der Waals surface area contributed by atoms with Crippen molar-refractivity contribution in [2.75, 3.05) is 26.2 Å². The molecule has 2 heterocycles. The van der Waals surface area contributed by atoms with Gasteiger partial charge in [0.2, 0.25) is 0 Å². The fraction of sp³-hybridized carbons (Fsp3) is 1.00. The molecular weight excluding hydrogens is 150 g/mol. The maximum Gasteiger partial charge on any atom is 0.0550 e. The smallest absolute Gasteiger partial charge is 0.0550 e. The van der Waals surface area contributed by atoms with Crippen LogP contribution in [0.3, 0.4) is 0 Å². The molecule has 2 rings (SSSR count). The van der Waals surface area contributed by atoms with Crippen LogP contribution >= 0.6 is 0 Å². The molecular formula is C10H19NO. The van der Waals surface area contributed by atoms with E-state index in [1.807, 2.05) is 0 Å². The van der Waals surface area contributed by atoms with E-state index < -0.39 is 0 Å². The van der Waals surface area contributed by atoms with Crippen molar-refractivity contribution in [3.63, 3.8) is 0 Å². The Morgan fingerprint density at radius 1 is 1.42 bits per heavy atom. The van der Waals surface area contributed by atoms with E-state index in [4.69, 9.17) is 4.74 Å². The molecule has 0 radical (unpaired) electrons. The van der Waals surface area contributed by atoms with Crippen LogP contribution in [-0.4, -0.2) is 37.2 Å². The van der Waals surface area contributed by atoms with Crippen molar-refractivity contribution in [2.24, 2.45) is 5.92 Å². The van der Waals surface area contributed by atoms with E-state index in [9.17, 15) is 0 Å². The van der Waals surface area contributed by atoms with Crippen molar-refractivity contribution < 1.29 is 4.74 Å². The molecule has 0 saturated carbocycles. The summed E-state index contributed by atoms with van der Waals surface area (Å²) in [5.74, 6) is 0.911. The minimum absolute atomic E-state index is 0.505. The molecule has 0 aromatic rings. The molecule has 2 nitrogen and oxygen atoms in total. The minimum Gasteiger partial charge on any atom is -0.378 e. The molecule has 0 bridgehead atoms. The number of likely N-dealkylation sites (tertiary alicyclic amines) is 1. The standard InChI is InChI=1S/C10H19NO/c1-9-7-10(3-6-12-9)8-11-4-2-5-11/h9-10H,2-8H2,1H3. The van der Waals surface area contributed by atoms with E-state index in [1.54, 1.807) is 0 Å². The average molecular weight is 169 g/mol. The van der Waals surface area contributed by atoms with Gasteiger partial charge in [-0.15, -0.1) is 0 Å². The number of hydrogen-bond acceptors (Lipinski definition) is 2. The molecule has 2 aliphatic heterocycles. The van der Waals surface area contributed by atoms with E-state index in [-0.39, 0.29) is 0 Å². The summed E-state index contributed by atoms with van der Waals surface area (Å²) in [4.78, 5) is 2.57. The summed E-state index contributed by atoms with van der Waals surface area (Å²) in [6, 6.07) is 0. The third-order valence-corrected chi connectivity index (χ3v) is 3.06. The highest BCUT2D eigenvalue weighted by Gasteiger charge is 2.23. The molecule has 2 aliphatic rings. The summed E-state index contributed by atoms with van der Waals surface area (Å²) < 4.78 is 5.52. The van der Waals surface area contributed by atoms with Crippen molar-refractivity contribution in [3.05, 3.63) is 0 Å². The summed E-state index contributed by atoms with van der Waals surface area (Å²) in [6.45, 7) is 7.19. The Hall–Kier alpha value is -0.0800. The van der Waals surface area contributed by atoms with Gasteiger partial charge in [-0.25, -0.2) is 0 Å². The zero-order valence-electron chi connectivity index (χ0n) is 7.96. The Morgan fingerprint density at radius 2 is 2.25 bits per heavy atom. The normalized spacial score (nSPS) is 37.8. The van der Waals surface area contributed by atoms with Crippen LogP contribution in [0.5, 0.6) is 0 Å². The van der Waals surface area contributed by atoms with Gasteiger partial charge in [0.1, 0.15) is 0 Å². The van der Waals surface area contributed by atoms with Crippen LogP contribution in [0, 0.1) is 5.92 Å². The Bertz CT molecular complexity index is 145. The Kier molecular flexibility index (Phi) is 2.66. The topological polar surface area (TPSA) is 12.5 Å². The van der Waals surface area contributed by atoms with E-state index in [1.165, 1.54) is 38.9 Å². The summed E-state index contributed by atoms with van der Waals surface area (Å²) in [6.07, 6.45) is 4.47. The second kappa shape index (κ2) is 3.75. The number of rotatable bonds is 2. The second-order valence-corrected chi connectivity index (χ2v) is 4.23. The first kappa shape index (κ1) is 8.52. The van der Waals surface area contributed by atoms with Crippen LogP contribution in [0.15, 0.2) is 0 Å². The van der Waals surface area contributed by atoms with E-state index in [0.29, 0.717) is 6.10 Å². The monoisotopic (exact) mass is 169 g/mol. The van der Waals surface area contributed by atoms with E-state index in [0.717, 1.165) is 12.5 Å². The van der Waals surface area contributed by atoms with Gasteiger partial charge in [0, 0.05) is 13.2 Å². The fourth-order valence-electron chi connectivity index (χ4n) is 2.19. The van der Waals surface area contributed by atoms with Crippen molar-refractivity contribution in [1.29, 1.82) is 0 Å². The summed E-state index contributed by atoms with van der Waals surface area (Å²) >= 11 is 0. The first-order valence-electron chi connectivity index (χ1n) is 5.18. The lowest BCUT2D eigenvalue weighted by atomic mass is 9.94. The molecule has 70 valence electrons. The summed E-state index contributed by atoms with van der Waals surface area (Å²) in [5, 5.41) is 0. The fourth-order valence-corrected chi connectivity index (χ4v) is 2.19. The molecule has 2 saturated heterocycles. The second-order valence-electron chi connectivity index (χ2n) is 4.23. The molecule has 2 fully saturated rings. The van der Waals surface area contributed by atoms with Gasteiger partial charge >= 0.3 is 0 Å². The van der Waals surface area contributed by atoms with Gasteiger partial charge in [-0.05, 0) is 45.2 Å². The third kappa shape index (κ3) is 1.99. The van der Waals surface area contributed by atoms with Crippen molar-refractivity contribution in [3.8, 4) is 0 Å². The molecule has 12 heavy (non-hydrogen) atoms. The predicted molar refractivity (Wildman–Crippen MR) is 49.2 cm³/mol. The molecule has 0 aromatic heterocycles. The van der Waals surface area contributed by atoms with Gasteiger partial charge in [0.05, 0.1) is 6.10 Å². The van der Waals surface area contributed by atoms with Gasteiger partial charge in [-0.2, -0.15) is 0 Å². The number of nitrogens with zero attached hydrogens (tertiary/aromatic N) is 1. The molecule has 0 N–H and O–H groups in total. The molecule has 0 aromatic carbocycles. The lowest BCUT2D eigenvalue weighted by molar-refractivity contribution is -0.0105. The van der Waals surface area contributed by atoms with Crippen LogP contribution in [0.25, 0.3) is 0 Å². The van der Waals surface area contributed by atoms with E-state index >= 15 is 0 Å². The van der Waals surface area contributed by atoms with Crippen LogP contribution in [0.4, 0.5) is 0 Å². The Morgan fingerprint density at radius 3 is 2.83 bits per heavy atom. The average Bonchev–Trinajstić information content (AvgIpc) is 1.97. The molecule has 2 atom stereocenters. The van der Waals surface area contributed by atoms with Gasteiger partial charge in [-0.3, -0.25) is 0 Å². The van der Waals surface area contributed by atoms with Crippen LogP contribution in [0.2, 0.25) is 0 Å². The maximum absolute atomic E-state index is 5.52. The zero-order chi connectivity index (χ0) is 8.39. The zero-order valence-corrected chi connectivity index (χ0v) is 7.96. The van der Waals surface area contributed by atoms with Crippen molar-refractivity contribution in [2.45, 2.75) is 32.3 Å². The highest BCUT2D eigenvalue weighted by molar-refractivity contribution is 4.76. The minimum atomic E-state index is 0.505. The van der Waals surface area contributed by atoms with Crippen LogP contribution in [0.1, 0.15) is 26.2 Å². The Labute approximate surface area is 74.9 Å². The lowest BCUT2D eigenvalue weighted by Crippen LogP contribution is -2.42. The lowest BCUT2D eigenvalue weighted by Gasteiger charge is -2.36. The van der Waals surface area contributed by atoms with Crippen molar-refractivity contribution in [1.82, 2.24) is 4.90 Å². The van der Waals surface area contributed by atoms with Crippen LogP contribution < -0.4 is 0 Å². The van der Waals surface area contributed by atoms with Crippen molar-refractivity contribution >= 4 is 0 Å². The van der Waals surface area contributed by atoms with Gasteiger partial charge in [-0.1, -0.05) is 0 Å². The first-order chi connectivity index (χ1) is 5.84. The maximum atomic E-state index is 5.52. The third-order valence-electron chi connectivity index (χ3n) is 3.06. The highest BCUT2D eigenvalue weighted by Crippen LogP contribution is 2.22. The summed E-state index contributed by atoms with van der Waals surface area (Å²) in [7, 11) is 0. The van der Waals surface area contributed by atoms with Gasteiger partial charge in [0.15, 0.2) is 0 Å². The quantitative estimate of drug-likeness (QED) is 0.621.